The van der Waals surface area contributed by atoms with Crippen molar-refractivity contribution in [3.8, 4) is 0 Å². The summed E-state index contributed by atoms with van der Waals surface area (Å²) in [5.74, 6) is 0. The molecule has 0 aromatic heterocycles. The monoisotopic (exact) mass is 240 g/mol. The fourth-order valence-electron chi connectivity index (χ4n) is 1.74. The lowest BCUT2D eigenvalue weighted by molar-refractivity contribution is -0.113. The maximum Gasteiger partial charge on any atom is 0.184 e. The van der Waals surface area contributed by atoms with Crippen molar-refractivity contribution in [3.05, 3.63) is 35.9 Å². The molecule has 2 rings (SSSR count). The fraction of sp³-hybridized carbons (Fsp3) is 0.500. The molecule has 3 N–H and O–H groups in total. The van der Waals surface area contributed by atoms with Crippen LogP contribution in [0.4, 0.5) is 0 Å². The predicted octanol–water partition coefficient (Wildman–Crippen LogP) is -0.185. The maximum atomic E-state index is 9.67. The number of aliphatic hydroxyl groups is 3. The van der Waals surface area contributed by atoms with Crippen LogP contribution in [0.3, 0.4) is 0 Å². The third-order valence-corrected chi connectivity index (χ3v) is 2.74. The zero-order valence-electron chi connectivity index (χ0n) is 9.27. The summed E-state index contributed by atoms with van der Waals surface area (Å²) in [7, 11) is 0. The van der Waals surface area contributed by atoms with Crippen LogP contribution in [0.2, 0.25) is 0 Å². The van der Waals surface area contributed by atoms with Crippen LogP contribution in [-0.2, 0) is 9.47 Å². The van der Waals surface area contributed by atoms with Crippen molar-refractivity contribution < 1.29 is 24.8 Å². The molecule has 1 fully saturated rings. The van der Waals surface area contributed by atoms with Gasteiger partial charge in [-0.1, -0.05) is 30.3 Å². The minimum atomic E-state index is -1.21. The smallest absolute Gasteiger partial charge is 0.184 e. The number of aliphatic hydroxyl groups excluding tert-OH is 3. The molecule has 5 nitrogen and oxygen atoms in total. The van der Waals surface area contributed by atoms with Crippen molar-refractivity contribution >= 4 is 0 Å². The van der Waals surface area contributed by atoms with Crippen LogP contribution in [0.25, 0.3) is 0 Å². The van der Waals surface area contributed by atoms with Crippen molar-refractivity contribution in [1.82, 2.24) is 0 Å². The van der Waals surface area contributed by atoms with Crippen LogP contribution < -0.4 is 0 Å². The quantitative estimate of drug-likeness (QED) is 0.680. The van der Waals surface area contributed by atoms with Crippen molar-refractivity contribution in [2.75, 3.05) is 13.2 Å². The lowest BCUT2D eigenvalue weighted by Crippen LogP contribution is -2.40. The van der Waals surface area contributed by atoms with E-state index in [0.29, 0.717) is 0 Å². The highest BCUT2D eigenvalue weighted by atomic mass is 16.7. The molecular formula is C12H16O5. The van der Waals surface area contributed by atoms with Crippen LogP contribution >= 0.6 is 0 Å². The second-order valence-electron chi connectivity index (χ2n) is 3.99. The second-order valence-corrected chi connectivity index (χ2v) is 3.99. The largest absolute Gasteiger partial charge is 0.394 e. The molecular weight excluding hydrogens is 224 g/mol. The average molecular weight is 240 g/mol. The van der Waals surface area contributed by atoms with Gasteiger partial charge in [-0.15, -0.1) is 0 Å². The van der Waals surface area contributed by atoms with E-state index in [1.165, 1.54) is 0 Å². The average Bonchev–Trinajstić information content (AvgIpc) is 2.87. The van der Waals surface area contributed by atoms with E-state index in [9.17, 15) is 10.2 Å². The minimum absolute atomic E-state index is 0.192. The summed E-state index contributed by atoms with van der Waals surface area (Å²) in [5, 5.41) is 27.7. The van der Waals surface area contributed by atoms with Crippen molar-refractivity contribution in [2.24, 2.45) is 0 Å². The summed E-state index contributed by atoms with van der Waals surface area (Å²) >= 11 is 0. The molecule has 1 heterocycles. The van der Waals surface area contributed by atoms with E-state index < -0.39 is 31.2 Å². The lowest BCUT2D eigenvalue weighted by Gasteiger charge is -2.20. The summed E-state index contributed by atoms with van der Waals surface area (Å²) in [6.45, 7) is -0.311. The zero-order chi connectivity index (χ0) is 12.3. The van der Waals surface area contributed by atoms with E-state index in [-0.39, 0.29) is 6.61 Å². The van der Waals surface area contributed by atoms with Crippen molar-refractivity contribution in [3.63, 3.8) is 0 Å². The molecule has 0 amide bonds. The van der Waals surface area contributed by atoms with Gasteiger partial charge >= 0.3 is 0 Å². The van der Waals surface area contributed by atoms with Crippen LogP contribution in [0.1, 0.15) is 11.9 Å². The Morgan fingerprint density at radius 2 is 1.94 bits per heavy atom. The van der Waals surface area contributed by atoms with E-state index in [1.54, 1.807) is 0 Å². The Morgan fingerprint density at radius 3 is 2.59 bits per heavy atom. The lowest BCUT2D eigenvalue weighted by atomic mass is 10.1. The Morgan fingerprint density at radius 1 is 1.24 bits per heavy atom. The summed E-state index contributed by atoms with van der Waals surface area (Å²) in [6.07, 6.45) is -3.50. The first-order valence-electron chi connectivity index (χ1n) is 5.51. The van der Waals surface area contributed by atoms with Gasteiger partial charge in [0.2, 0.25) is 0 Å². The highest BCUT2D eigenvalue weighted by Crippen LogP contribution is 2.28. The van der Waals surface area contributed by atoms with Gasteiger partial charge in [0, 0.05) is 5.56 Å². The highest BCUT2D eigenvalue weighted by Gasteiger charge is 2.35. The van der Waals surface area contributed by atoms with Gasteiger partial charge in [-0.05, 0) is 0 Å². The third kappa shape index (κ3) is 2.83. The minimum Gasteiger partial charge on any atom is -0.394 e. The zero-order valence-corrected chi connectivity index (χ0v) is 9.27. The number of ether oxygens (including phenoxy) is 2. The van der Waals surface area contributed by atoms with E-state index in [0.717, 1.165) is 5.56 Å². The second kappa shape index (κ2) is 5.57. The number of benzene rings is 1. The summed E-state index contributed by atoms with van der Waals surface area (Å²) in [5.41, 5.74) is 0.862. The Labute approximate surface area is 99.2 Å². The molecule has 0 radical (unpaired) electrons. The normalized spacial score (nSPS) is 27.9. The molecule has 1 unspecified atom stereocenters. The molecule has 0 spiro atoms. The van der Waals surface area contributed by atoms with Gasteiger partial charge in [-0.2, -0.15) is 0 Å². The third-order valence-electron chi connectivity index (χ3n) is 2.74. The SMILES string of the molecule is OC[C@H](O)[C@@H](O)[C@H]1COC(c2ccccc2)O1. The molecule has 94 valence electrons. The molecule has 0 saturated carbocycles. The Bertz CT molecular complexity index is 342. The predicted molar refractivity (Wildman–Crippen MR) is 59.1 cm³/mol. The molecule has 0 bridgehead atoms. The fourth-order valence-corrected chi connectivity index (χ4v) is 1.74. The molecule has 1 aromatic rings. The first-order chi connectivity index (χ1) is 8.22. The van der Waals surface area contributed by atoms with E-state index in [2.05, 4.69) is 0 Å². The van der Waals surface area contributed by atoms with Gasteiger partial charge in [0.15, 0.2) is 6.29 Å². The van der Waals surface area contributed by atoms with E-state index >= 15 is 0 Å². The van der Waals surface area contributed by atoms with Gasteiger partial charge < -0.3 is 24.8 Å². The Balaban J connectivity index is 1.96. The number of rotatable bonds is 4. The standard InChI is InChI=1S/C12H16O5/c13-6-9(14)11(15)10-7-16-12(17-10)8-4-2-1-3-5-8/h1-5,9-15H,6-7H2/t9-,10+,11+,12?/m0/s1. The summed E-state index contributed by atoms with van der Waals surface area (Å²) in [4.78, 5) is 0. The molecule has 5 heteroatoms. The summed E-state index contributed by atoms with van der Waals surface area (Å²) in [6, 6.07) is 9.35. The molecule has 1 aromatic carbocycles. The van der Waals surface area contributed by atoms with Crippen molar-refractivity contribution in [2.45, 2.75) is 24.6 Å². The van der Waals surface area contributed by atoms with Gasteiger partial charge in [-0.25, -0.2) is 0 Å². The van der Waals surface area contributed by atoms with Gasteiger partial charge in [0.1, 0.15) is 18.3 Å². The molecule has 17 heavy (non-hydrogen) atoms. The molecule has 1 saturated heterocycles. The highest BCUT2D eigenvalue weighted by molar-refractivity contribution is 5.16. The molecule has 1 aliphatic rings. The van der Waals surface area contributed by atoms with Gasteiger partial charge in [0.05, 0.1) is 13.2 Å². The van der Waals surface area contributed by atoms with E-state index in [4.69, 9.17) is 14.6 Å². The van der Waals surface area contributed by atoms with Crippen LogP contribution in [0.15, 0.2) is 30.3 Å². The molecule has 1 aliphatic heterocycles. The first-order valence-corrected chi connectivity index (χ1v) is 5.51. The molecule has 0 aliphatic carbocycles. The summed E-state index contributed by atoms with van der Waals surface area (Å²) < 4.78 is 10.9. The van der Waals surface area contributed by atoms with Gasteiger partial charge in [0.25, 0.3) is 0 Å². The maximum absolute atomic E-state index is 9.67. The van der Waals surface area contributed by atoms with E-state index in [1.807, 2.05) is 30.3 Å². The Kier molecular flexibility index (Phi) is 4.09. The van der Waals surface area contributed by atoms with Crippen LogP contribution in [0.5, 0.6) is 0 Å². The molecule has 4 atom stereocenters. The number of hydrogen-bond acceptors (Lipinski definition) is 5. The van der Waals surface area contributed by atoms with Gasteiger partial charge in [-0.3, -0.25) is 0 Å². The first kappa shape index (κ1) is 12.5. The van der Waals surface area contributed by atoms with Crippen LogP contribution in [-0.4, -0.2) is 46.8 Å². The van der Waals surface area contributed by atoms with Crippen LogP contribution in [0, 0.1) is 0 Å². The topological polar surface area (TPSA) is 79.2 Å². The Hall–Kier alpha value is -0.980. The number of hydrogen-bond donors (Lipinski definition) is 3. The van der Waals surface area contributed by atoms with Crippen molar-refractivity contribution in [1.29, 1.82) is 0 Å².